The Balaban J connectivity index is 1.99. The van der Waals surface area contributed by atoms with E-state index < -0.39 is 21.1 Å². The number of hydrogen-bond acceptors (Lipinski definition) is 5. The molecule has 0 aliphatic heterocycles. The zero-order valence-corrected chi connectivity index (χ0v) is 21.6. The SMILES string of the molecule is CCOC(=O)Cc1c(C)c(C(c2ccc[nH]2)S(=O)(=O)c2ccc(C(C)C)cc2)n2cc(C#N)ccc12. The molecule has 186 valence electrons. The largest absolute Gasteiger partial charge is 0.466 e. The number of nitrogens with one attached hydrogen (secondary N) is 1. The van der Waals surface area contributed by atoms with Crippen LogP contribution in [-0.4, -0.2) is 30.4 Å². The first kappa shape index (κ1) is 25.3. The molecule has 0 aliphatic rings. The topological polar surface area (TPSA) is 104 Å². The van der Waals surface area contributed by atoms with E-state index in [4.69, 9.17) is 4.74 Å². The molecule has 0 amide bonds. The maximum Gasteiger partial charge on any atom is 0.310 e. The summed E-state index contributed by atoms with van der Waals surface area (Å²) in [4.78, 5) is 15.7. The van der Waals surface area contributed by atoms with E-state index in [0.29, 0.717) is 33.6 Å². The molecule has 8 heteroatoms. The number of carbonyl (C=O) groups excluding carboxylic acids is 1. The Hall–Kier alpha value is -3.83. The lowest BCUT2D eigenvalue weighted by atomic mass is 10.0. The number of nitrogens with zero attached hydrogens (tertiary/aromatic N) is 2. The highest BCUT2D eigenvalue weighted by molar-refractivity contribution is 7.91. The Labute approximate surface area is 211 Å². The molecule has 0 aliphatic carbocycles. The molecule has 0 radical (unpaired) electrons. The number of fused-ring (bicyclic) bond motifs is 1. The predicted octanol–water partition coefficient (Wildman–Crippen LogP) is 5.24. The fourth-order valence-electron chi connectivity index (χ4n) is 4.59. The normalized spacial score (nSPS) is 12.6. The van der Waals surface area contributed by atoms with E-state index in [1.54, 1.807) is 60.1 Å². The van der Waals surface area contributed by atoms with Gasteiger partial charge in [-0.3, -0.25) is 4.79 Å². The van der Waals surface area contributed by atoms with E-state index in [1.807, 2.05) is 19.1 Å². The van der Waals surface area contributed by atoms with Gasteiger partial charge in [0.15, 0.2) is 9.84 Å². The first-order valence-electron chi connectivity index (χ1n) is 11.8. The van der Waals surface area contributed by atoms with Gasteiger partial charge >= 0.3 is 5.97 Å². The summed E-state index contributed by atoms with van der Waals surface area (Å²) in [6.07, 6.45) is 3.31. The lowest BCUT2D eigenvalue weighted by Gasteiger charge is -2.19. The number of benzene rings is 1. The number of hydrogen-bond donors (Lipinski definition) is 1. The Morgan fingerprint density at radius 2 is 1.86 bits per heavy atom. The number of esters is 1. The van der Waals surface area contributed by atoms with Crippen LogP contribution in [0.1, 0.15) is 65.6 Å². The van der Waals surface area contributed by atoms with Crippen molar-refractivity contribution in [2.24, 2.45) is 0 Å². The molecule has 0 spiro atoms. The number of rotatable bonds is 8. The Morgan fingerprint density at radius 1 is 1.14 bits per heavy atom. The average Bonchev–Trinajstić information content (AvgIpc) is 3.47. The van der Waals surface area contributed by atoms with Crippen LogP contribution in [0.4, 0.5) is 0 Å². The highest BCUT2D eigenvalue weighted by atomic mass is 32.2. The number of nitriles is 1. The zero-order chi connectivity index (χ0) is 26.0. The summed E-state index contributed by atoms with van der Waals surface area (Å²) in [5, 5.41) is 8.46. The van der Waals surface area contributed by atoms with Crippen molar-refractivity contribution in [3.8, 4) is 6.07 Å². The summed E-state index contributed by atoms with van der Waals surface area (Å²) >= 11 is 0. The molecule has 0 saturated carbocycles. The minimum absolute atomic E-state index is 0.00431. The van der Waals surface area contributed by atoms with Gasteiger partial charge in [-0.15, -0.1) is 0 Å². The molecule has 0 saturated heterocycles. The Bertz CT molecular complexity index is 1540. The summed E-state index contributed by atoms with van der Waals surface area (Å²) in [5.41, 5.74) is 4.41. The van der Waals surface area contributed by atoms with Crippen molar-refractivity contribution in [2.45, 2.75) is 50.2 Å². The van der Waals surface area contributed by atoms with Gasteiger partial charge in [0.25, 0.3) is 0 Å². The van der Waals surface area contributed by atoms with Crippen LogP contribution in [0.5, 0.6) is 0 Å². The molecule has 0 fully saturated rings. The second-order valence-corrected chi connectivity index (χ2v) is 11.1. The average molecular weight is 504 g/mol. The van der Waals surface area contributed by atoms with E-state index in [2.05, 4.69) is 24.9 Å². The van der Waals surface area contributed by atoms with Crippen molar-refractivity contribution in [3.05, 3.63) is 94.6 Å². The number of pyridine rings is 1. The number of H-pyrrole nitrogens is 1. The van der Waals surface area contributed by atoms with Gasteiger partial charge in [-0.05, 0) is 72.9 Å². The standard InChI is InChI=1S/C28H29N3O4S/c1-5-35-26(32)15-23-19(4)27(31-17-20(16-29)8-13-25(23)31)28(24-7-6-14-30-24)36(33,34)22-11-9-21(10-12-22)18(2)3/h6-14,17-18,28,30H,5,15H2,1-4H3. The zero-order valence-electron chi connectivity index (χ0n) is 20.8. The summed E-state index contributed by atoms with van der Waals surface area (Å²) in [6.45, 7) is 7.92. The molecule has 3 heterocycles. The fraction of sp³-hybridized carbons (Fsp3) is 0.286. The van der Waals surface area contributed by atoms with Crippen molar-refractivity contribution in [2.75, 3.05) is 6.61 Å². The number of ether oxygens (including phenoxy) is 1. The quantitative estimate of drug-likeness (QED) is 0.331. The fourth-order valence-corrected chi connectivity index (χ4v) is 6.44. The summed E-state index contributed by atoms with van der Waals surface area (Å²) in [6, 6.07) is 16.0. The molecule has 1 atom stereocenters. The third kappa shape index (κ3) is 4.54. The minimum Gasteiger partial charge on any atom is -0.466 e. The molecular formula is C28H29N3O4S. The molecule has 1 unspecified atom stereocenters. The molecule has 36 heavy (non-hydrogen) atoms. The van der Waals surface area contributed by atoms with Crippen LogP contribution >= 0.6 is 0 Å². The van der Waals surface area contributed by atoms with Crippen molar-refractivity contribution < 1.29 is 17.9 Å². The smallest absolute Gasteiger partial charge is 0.310 e. The van der Waals surface area contributed by atoms with Crippen LogP contribution in [0.2, 0.25) is 0 Å². The Kier molecular flexibility index (Phi) is 7.04. The van der Waals surface area contributed by atoms with E-state index in [9.17, 15) is 18.5 Å². The number of sulfone groups is 1. The molecular weight excluding hydrogens is 474 g/mol. The second-order valence-electron chi connectivity index (χ2n) is 9.03. The first-order valence-corrected chi connectivity index (χ1v) is 13.4. The third-order valence-electron chi connectivity index (χ3n) is 6.45. The van der Waals surface area contributed by atoms with Crippen LogP contribution in [0, 0.1) is 18.3 Å². The summed E-state index contributed by atoms with van der Waals surface area (Å²) in [5.74, 6) is -0.125. The number of aromatic nitrogens is 2. The second kappa shape index (κ2) is 10.0. The van der Waals surface area contributed by atoms with Crippen LogP contribution in [-0.2, 0) is 25.8 Å². The van der Waals surface area contributed by atoms with Gasteiger partial charge in [-0.2, -0.15) is 5.26 Å². The lowest BCUT2D eigenvalue weighted by Crippen LogP contribution is -2.18. The van der Waals surface area contributed by atoms with E-state index in [0.717, 1.165) is 5.56 Å². The van der Waals surface area contributed by atoms with Crippen molar-refractivity contribution in [1.82, 2.24) is 9.38 Å². The Morgan fingerprint density at radius 3 is 2.44 bits per heavy atom. The van der Waals surface area contributed by atoms with Crippen molar-refractivity contribution in [1.29, 1.82) is 5.26 Å². The van der Waals surface area contributed by atoms with Gasteiger partial charge < -0.3 is 14.1 Å². The van der Waals surface area contributed by atoms with Crippen molar-refractivity contribution >= 4 is 21.3 Å². The monoisotopic (exact) mass is 503 g/mol. The van der Waals surface area contributed by atoms with E-state index in [-0.39, 0.29) is 23.8 Å². The van der Waals surface area contributed by atoms with Gasteiger partial charge in [0.2, 0.25) is 0 Å². The van der Waals surface area contributed by atoms with Crippen LogP contribution < -0.4 is 0 Å². The molecule has 4 rings (SSSR count). The molecule has 1 N–H and O–H groups in total. The number of aromatic amines is 1. The number of carbonyl (C=O) groups is 1. The van der Waals surface area contributed by atoms with E-state index >= 15 is 0 Å². The maximum absolute atomic E-state index is 14.2. The van der Waals surface area contributed by atoms with E-state index in [1.165, 1.54) is 0 Å². The van der Waals surface area contributed by atoms with Crippen LogP contribution in [0.15, 0.2) is 65.8 Å². The van der Waals surface area contributed by atoms with Gasteiger partial charge in [0.1, 0.15) is 11.3 Å². The third-order valence-corrected chi connectivity index (χ3v) is 8.48. The minimum atomic E-state index is -3.93. The van der Waals surface area contributed by atoms with Gasteiger partial charge in [-0.25, -0.2) is 8.42 Å². The van der Waals surface area contributed by atoms with Gasteiger partial charge in [0, 0.05) is 23.6 Å². The van der Waals surface area contributed by atoms with Gasteiger partial charge in [0.05, 0.1) is 29.2 Å². The molecule has 3 aromatic heterocycles. The predicted molar refractivity (Wildman–Crippen MR) is 138 cm³/mol. The first-order chi connectivity index (χ1) is 17.2. The molecule has 7 nitrogen and oxygen atoms in total. The van der Waals surface area contributed by atoms with Crippen LogP contribution in [0.3, 0.4) is 0 Å². The molecule has 1 aromatic carbocycles. The highest BCUT2D eigenvalue weighted by Crippen LogP contribution is 2.39. The van der Waals surface area contributed by atoms with Crippen LogP contribution in [0.25, 0.3) is 5.52 Å². The maximum atomic E-state index is 14.2. The van der Waals surface area contributed by atoms with Crippen molar-refractivity contribution in [3.63, 3.8) is 0 Å². The molecule has 0 bridgehead atoms. The van der Waals surface area contributed by atoms with Gasteiger partial charge in [-0.1, -0.05) is 26.0 Å². The summed E-state index contributed by atoms with van der Waals surface area (Å²) in [7, 11) is -3.93. The highest BCUT2D eigenvalue weighted by Gasteiger charge is 2.36. The lowest BCUT2D eigenvalue weighted by molar-refractivity contribution is -0.142. The summed E-state index contributed by atoms with van der Waals surface area (Å²) < 4.78 is 35.3. The molecule has 4 aromatic rings.